The Morgan fingerprint density at radius 2 is 1.50 bits per heavy atom. The van der Waals surface area contributed by atoms with Gasteiger partial charge in [0, 0.05) is 16.5 Å². The van der Waals surface area contributed by atoms with E-state index in [1.54, 1.807) is 18.2 Å². The highest BCUT2D eigenvalue weighted by Gasteiger charge is 2.34. The van der Waals surface area contributed by atoms with Crippen LogP contribution < -0.4 is 0 Å². The summed E-state index contributed by atoms with van der Waals surface area (Å²) in [6.45, 7) is 1.90. The van der Waals surface area contributed by atoms with Gasteiger partial charge in [-0.05, 0) is 30.7 Å². The van der Waals surface area contributed by atoms with Gasteiger partial charge in [0.05, 0.1) is 4.32 Å². The van der Waals surface area contributed by atoms with Crippen molar-refractivity contribution >= 4 is 73.9 Å². The molecule has 1 rings (SSSR count). The maximum Gasteiger partial charge on any atom is 0.192 e. The lowest BCUT2D eigenvalue weighted by molar-refractivity contribution is 0.647. The first-order valence-corrected chi connectivity index (χ1v) is 7.01. The zero-order valence-electron chi connectivity index (χ0n) is 8.21. The van der Waals surface area contributed by atoms with Crippen LogP contribution in [-0.2, 0) is 4.32 Å². The summed E-state index contributed by atoms with van der Waals surface area (Å²) < 4.78 is -1.83. The minimum Gasteiger partial charge on any atom is -0.0843 e. The van der Waals surface area contributed by atoms with Gasteiger partial charge in [0.2, 0.25) is 0 Å². The summed E-state index contributed by atoms with van der Waals surface area (Å²) in [5, 5.41) is 1.11. The van der Waals surface area contributed by atoms with Crippen LogP contribution in [0.5, 0.6) is 0 Å². The molecule has 90 valence electrons. The van der Waals surface area contributed by atoms with E-state index in [1.165, 1.54) is 0 Å². The Labute approximate surface area is 128 Å². The molecule has 0 bridgehead atoms. The van der Waals surface area contributed by atoms with Crippen molar-refractivity contribution in [3.8, 4) is 0 Å². The van der Waals surface area contributed by atoms with Crippen LogP contribution >= 0.6 is 73.9 Å². The van der Waals surface area contributed by atoms with E-state index in [4.69, 9.17) is 58.0 Å². The molecular formula is C10H8BrCl5. The normalized spacial score (nSPS) is 15.9. The third-order valence-electron chi connectivity index (χ3n) is 2.00. The van der Waals surface area contributed by atoms with E-state index < -0.39 is 8.12 Å². The maximum atomic E-state index is 5.92. The fraction of sp³-hybridized carbons (Fsp3) is 0.400. The highest BCUT2D eigenvalue weighted by atomic mass is 79.9. The zero-order chi connectivity index (χ0) is 12.6. The van der Waals surface area contributed by atoms with Crippen LogP contribution in [0.1, 0.15) is 18.9 Å². The number of halogens is 6. The van der Waals surface area contributed by atoms with Gasteiger partial charge >= 0.3 is 0 Å². The van der Waals surface area contributed by atoms with Gasteiger partial charge in [0.1, 0.15) is 0 Å². The molecule has 0 radical (unpaired) electrons. The van der Waals surface area contributed by atoms with Gasteiger partial charge in [-0.3, -0.25) is 0 Å². The Balaban J connectivity index is 3.06. The maximum absolute atomic E-state index is 5.92. The highest BCUT2D eigenvalue weighted by molar-refractivity contribution is 9.09. The summed E-state index contributed by atoms with van der Waals surface area (Å²) in [7, 11) is 0. The second-order valence-corrected chi connectivity index (χ2v) is 8.79. The summed E-state index contributed by atoms with van der Waals surface area (Å²) in [6, 6.07) is 5.24. The molecule has 0 heterocycles. The standard InChI is InChI=1S/C10H8BrCl5/c1-9(11,5-10(14,15)16)6-2-7(12)4-8(13)3-6/h2-4H,5H2,1H3. The summed E-state index contributed by atoms with van der Waals surface area (Å²) in [6.07, 6.45) is 0.307. The molecule has 1 aromatic rings. The molecule has 0 N–H and O–H groups in total. The Morgan fingerprint density at radius 1 is 1.06 bits per heavy atom. The molecule has 0 aliphatic carbocycles. The molecule has 0 amide bonds. The van der Waals surface area contributed by atoms with Gasteiger partial charge in [-0.25, -0.2) is 0 Å². The molecule has 0 saturated heterocycles. The van der Waals surface area contributed by atoms with Crippen molar-refractivity contribution < 1.29 is 0 Å². The number of alkyl halides is 4. The van der Waals surface area contributed by atoms with E-state index in [1.807, 2.05) is 6.92 Å². The van der Waals surface area contributed by atoms with Gasteiger partial charge in [0.15, 0.2) is 3.79 Å². The molecule has 0 aliphatic heterocycles. The number of hydrogen-bond acceptors (Lipinski definition) is 0. The molecule has 0 fully saturated rings. The van der Waals surface area contributed by atoms with E-state index in [2.05, 4.69) is 15.9 Å². The predicted molar refractivity (Wildman–Crippen MR) is 77.6 cm³/mol. The van der Waals surface area contributed by atoms with E-state index >= 15 is 0 Å². The summed E-state index contributed by atoms with van der Waals surface area (Å²) in [5.41, 5.74) is 0.872. The molecule has 6 heteroatoms. The average Bonchev–Trinajstić information content (AvgIpc) is 1.96. The second-order valence-electron chi connectivity index (χ2n) is 3.65. The SMILES string of the molecule is CC(Br)(CC(Cl)(Cl)Cl)c1cc(Cl)cc(Cl)c1. The lowest BCUT2D eigenvalue weighted by Gasteiger charge is -2.27. The summed E-state index contributed by atoms with van der Waals surface area (Å²) in [5.74, 6) is 0. The van der Waals surface area contributed by atoms with Crippen LogP contribution in [0.15, 0.2) is 18.2 Å². The molecule has 16 heavy (non-hydrogen) atoms. The van der Waals surface area contributed by atoms with Crippen LogP contribution in [0.2, 0.25) is 10.0 Å². The quantitative estimate of drug-likeness (QED) is 0.520. The van der Waals surface area contributed by atoms with Crippen molar-refractivity contribution in [3.05, 3.63) is 33.8 Å². The highest BCUT2D eigenvalue weighted by Crippen LogP contribution is 2.45. The smallest absolute Gasteiger partial charge is 0.0843 e. The zero-order valence-corrected chi connectivity index (χ0v) is 13.6. The van der Waals surface area contributed by atoms with E-state index in [0.717, 1.165) is 5.56 Å². The third-order valence-corrected chi connectivity index (χ3v) is 3.57. The Bertz CT molecular complexity index is 363. The fourth-order valence-corrected chi connectivity index (χ4v) is 3.79. The molecule has 0 aliphatic rings. The molecule has 0 spiro atoms. The van der Waals surface area contributed by atoms with E-state index in [-0.39, 0.29) is 0 Å². The van der Waals surface area contributed by atoms with Crippen LogP contribution in [-0.4, -0.2) is 3.79 Å². The number of hydrogen-bond donors (Lipinski definition) is 0. The van der Waals surface area contributed by atoms with Gasteiger partial charge in [-0.1, -0.05) is 73.9 Å². The van der Waals surface area contributed by atoms with Crippen molar-refractivity contribution in [2.24, 2.45) is 0 Å². The first-order valence-electron chi connectivity index (χ1n) is 4.32. The largest absolute Gasteiger partial charge is 0.192 e. The van der Waals surface area contributed by atoms with Crippen LogP contribution in [0.25, 0.3) is 0 Å². The van der Waals surface area contributed by atoms with Gasteiger partial charge in [-0.15, -0.1) is 0 Å². The first-order chi connectivity index (χ1) is 7.10. The molecule has 0 saturated carbocycles. The van der Waals surface area contributed by atoms with Crippen LogP contribution in [0.3, 0.4) is 0 Å². The van der Waals surface area contributed by atoms with Gasteiger partial charge in [-0.2, -0.15) is 0 Å². The number of rotatable bonds is 2. The Morgan fingerprint density at radius 3 is 1.88 bits per heavy atom. The first kappa shape index (κ1) is 15.2. The van der Waals surface area contributed by atoms with E-state index in [9.17, 15) is 0 Å². The molecule has 1 aromatic carbocycles. The Hall–Kier alpha value is 1.15. The molecule has 0 aromatic heterocycles. The van der Waals surface area contributed by atoms with Gasteiger partial charge in [0.25, 0.3) is 0 Å². The fourth-order valence-electron chi connectivity index (χ4n) is 1.33. The van der Waals surface area contributed by atoms with Crippen molar-refractivity contribution in [1.82, 2.24) is 0 Å². The van der Waals surface area contributed by atoms with E-state index in [0.29, 0.717) is 16.5 Å². The van der Waals surface area contributed by atoms with Crippen molar-refractivity contribution in [1.29, 1.82) is 0 Å². The molecule has 1 unspecified atom stereocenters. The predicted octanol–water partition coefficient (Wildman–Crippen LogP) is 6.36. The minimum atomic E-state index is -1.34. The Kier molecular flexibility index (Phi) is 5.15. The average molecular weight is 385 g/mol. The summed E-state index contributed by atoms with van der Waals surface area (Å²) in [4.78, 5) is 0. The topological polar surface area (TPSA) is 0 Å². The van der Waals surface area contributed by atoms with Gasteiger partial charge < -0.3 is 0 Å². The molecule has 1 atom stereocenters. The second kappa shape index (κ2) is 5.42. The lowest BCUT2D eigenvalue weighted by Crippen LogP contribution is -2.21. The van der Waals surface area contributed by atoms with Crippen LogP contribution in [0, 0.1) is 0 Å². The van der Waals surface area contributed by atoms with Crippen molar-refractivity contribution in [2.75, 3.05) is 0 Å². The molecular weight excluding hydrogens is 377 g/mol. The van der Waals surface area contributed by atoms with Crippen LogP contribution in [0.4, 0.5) is 0 Å². The third kappa shape index (κ3) is 4.80. The van der Waals surface area contributed by atoms with Crippen molar-refractivity contribution in [2.45, 2.75) is 21.5 Å². The minimum absolute atomic E-state index is 0.307. The summed E-state index contributed by atoms with van der Waals surface area (Å²) >= 11 is 32.7. The lowest BCUT2D eigenvalue weighted by atomic mass is 9.98. The monoisotopic (exact) mass is 382 g/mol. The number of benzene rings is 1. The molecule has 0 nitrogen and oxygen atoms in total. The van der Waals surface area contributed by atoms with Crippen molar-refractivity contribution in [3.63, 3.8) is 0 Å².